The van der Waals surface area contributed by atoms with E-state index in [1.165, 1.54) is 6.21 Å². The quantitative estimate of drug-likeness (QED) is 0.869. The molecule has 0 saturated carbocycles. The first-order valence-electron chi connectivity index (χ1n) is 4.75. The van der Waals surface area contributed by atoms with Gasteiger partial charge in [-0.25, -0.2) is 0 Å². The van der Waals surface area contributed by atoms with Gasteiger partial charge in [0.15, 0.2) is 0 Å². The van der Waals surface area contributed by atoms with E-state index in [0.717, 1.165) is 0 Å². The fourth-order valence-electron chi connectivity index (χ4n) is 1.15. The maximum absolute atomic E-state index is 12.3. The van der Waals surface area contributed by atoms with Crippen LogP contribution in [0.2, 0.25) is 0 Å². The largest absolute Gasteiger partial charge is 0.415 e. The van der Waals surface area contributed by atoms with Gasteiger partial charge in [-0.2, -0.15) is 8.78 Å². The molecule has 1 N–H and O–H groups in total. The minimum Gasteiger partial charge on any atom is -0.415 e. The van der Waals surface area contributed by atoms with Crippen LogP contribution in [-0.4, -0.2) is 27.4 Å². The van der Waals surface area contributed by atoms with Crippen molar-refractivity contribution in [3.05, 3.63) is 18.0 Å². The molecule has 1 atom stereocenters. The maximum Gasteiger partial charge on any atom is 0.314 e. The second-order valence-electron chi connectivity index (χ2n) is 3.66. The summed E-state index contributed by atoms with van der Waals surface area (Å²) in [5.41, 5.74) is 0.0255. The van der Waals surface area contributed by atoms with Gasteiger partial charge in [0.1, 0.15) is 5.66 Å². The van der Waals surface area contributed by atoms with Gasteiger partial charge in [-0.1, -0.05) is 15.9 Å². The second-order valence-corrected chi connectivity index (χ2v) is 4.22. The zero-order chi connectivity index (χ0) is 12.5. The van der Waals surface area contributed by atoms with Crippen molar-refractivity contribution in [1.29, 1.82) is 0 Å². The highest BCUT2D eigenvalue weighted by molar-refractivity contribution is 9.09. The molecule has 17 heavy (non-hydrogen) atoms. The van der Waals surface area contributed by atoms with Crippen molar-refractivity contribution in [2.45, 2.75) is 19.0 Å². The molecule has 1 aliphatic heterocycles. The Bertz CT molecular complexity index is 473. The Morgan fingerprint density at radius 3 is 2.76 bits per heavy atom. The van der Waals surface area contributed by atoms with E-state index in [4.69, 9.17) is 4.42 Å². The Morgan fingerprint density at radius 1 is 1.53 bits per heavy atom. The highest BCUT2D eigenvalue weighted by Crippen LogP contribution is 2.22. The van der Waals surface area contributed by atoms with E-state index in [1.54, 1.807) is 6.20 Å². The molecule has 0 aliphatic carbocycles. The number of aliphatic imine (C=N–C) groups is 1. The summed E-state index contributed by atoms with van der Waals surface area (Å²) in [6.07, 6.45) is 0.357. The highest BCUT2D eigenvalue weighted by Gasteiger charge is 2.24. The van der Waals surface area contributed by atoms with Crippen LogP contribution in [0.4, 0.5) is 8.78 Å². The zero-order valence-corrected chi connectivity index (χ0v) is 10.4. The third kappa shape index (κ3) is 2.51. The van der Waals surface area contributed by atoms with Crippen molar-refractivity contribution in [3.8, 4) is 0 Å². The molecule has 0 amide bonds. The average Bonchev–Trinajstić information content (AvgIpc) is 2.79. The first-order chi connectivity index (χ1) is 8.04. The third-order valence-electron chi connectivity index (χ3n) is 2.16. The maximum atomic E-state index is 12.3. The number of alkyl halides is 3. The Labute approximate surface area is 104 Å². The minimum absolute atomic E-state index is 0.0215. The van der Waals surface area contributed by atoms with Crippen molar-refractivity contribution in [2.75, 3.05) is 5.33 Å². The molecular formula is C9H9BrF2N4O. The van der Waals surface area contributed by atoms with Gasteiger partial charge in [0, 0.05) is 17.7 Å². The molecule has 5 nitrogen and oxygen atoms in total. The summed E-state index contributed by atoms with van der Waals surface area (Å²) in [7, 11) is 0. The number of allylic oxidation sites excluding steroid dienone is 1. The predicted molar refractivity (Wildman–Crippen MR) is 61.1 cm³/mol. The number of nitrogens with zero attached hydrogens (tertiary/aromatic N) is 3. The van der Waals surface area contributed by atoms with Crippen molar-refractivity contribution < 1.29 is 13.2 Å². The SMILES string of the molecule is CC1(CBr)N=CC(c2nnc(C(F)F)o2)=CN1. The lowest BCUT2D eigenvalue weighted by Gasteiger charge is -2.26. The van der Waals surface area contributed by atoms with E-state index in [1.807, 2.05) is 6.92 Å². The first kappa shape index (κ1) is 12.2. The van der Waals surface area contributed by atoms with Gasteiger partial charge in [0.2, 0.25) is 0 Å². The van der Waals surface area contributed by atoms with Gasteiger partial charge >= 0.3 is 6.43 Å². The fraction of sp³-hybridized carbons (Fsp3) is 0.444. The van der Waals surface area contributed by atoms with Gasteiger partial charge in [-0.05, 0) is 6.92 Å². The Balaban J connectivity index is 2.17. The number of hydrogen-bond donors (Lipinski definition) is 1. The van der Waals surface area contributed by atoms with E-state index < -0.39 is 18.0 Å². The molecule has 2 rings (SSSR count). The third-order valence-corrected chi connectivity index (χ3v) is 3.25. The summed E-state index contributed by atoms with van der Waals surface area (Å²) in [6, 6.07) is 0. The summed E-state index contributed by atoms with van der Waals surface area (Å²) in [6.45, 7) is 1.88. The van der Waals surface area contributed by atoms with E-state index >= 15 is 0 Å². The van der Waals surface area contributed by atoms with Crippen LogP contribution >= 0.6 is 15.9 Å². The molecule has 92 valence electrons. The van der Waals surface area contributed by atoms with Crippen LogP contribution in [0, 0.1) is 0 Å². The molecule has 0 radical (unpaired) electrons. The summed E-state index contributed by atoms with van der Waals surface area (Å²) >= 11 is 3.31. The standard InChI is InChI=1S/C9H9BrF2N4O/c1-9(4-10)13-2-5(3-14-9)7-15-16-8(17-7)6(11)12/h2-3,6,13H,4H2,1H3. The van der Waals surface area contributed by atoms with Gasteiger partial charge in [0.05, 0.1) is 5.57 Å². The van der Waals surface area contributed by atoms with E-state index in [2.05, 4.69) is 36.4 Å². The van der Waals surface area contributed by atoms with Crippen LogP contribution in [-0.2, 0) is 0 Å². The molecular weight excluding hydrogens is 298 g/mol. The molecule has 1 aromatic rings. The monoisotopic (exact) mass is 306 g/mol. The molecule has 0 spiro atoms. The summed E-state index contributed by atoms with van der Waals surface area (Å²) in [5.74, 6) is -0.670. The highest BCUT2D eigenvalue weighted by atomic mass is 79.9. The molecule has 1 aromatic heterocycles. The normalized spacial score (nSPS) is 23.7. The van der Waals surface area contributed by atoms with Crippen LogP contribution in [0.15, 0.2) is 15.6 Å². The predicted octanol–water partition coefficient (Wildman–Crippen LogP) is 2.13. The Hall–Kier alpha value is -1.31. The van der Waals surface area contributed by atoms with Gasteiger partial charge < -0.3 is 9.73 Å². The van der Waals surface area contributed by atoms with Crippen LogP contribution in [0.25, 0.3) is 5.57 Å². The van der Waals surface area contributed by atoms with E-state index in [9.17, 15) is 8.78 Å². The average molecular weight is 307 g/mol. The topological polar surface area (TPSA) is 63.3 Å². The molecule has 0 bridgehead atoms. The lowest BCUT2D eigenvalue weighted by atomic mass is 10.2. The molecule has 1 aliphatic rings. The number of nitrogens with one attached hydrogen (secondary N) is 1. The van der Waals surface area contributed by atoms with Crippen LogP contribution in [0.3, 0.4) is 0 Å². The van der Waals surface area contributed by atoms with Gasteiger partial charge in [-0.3, -0.25) is 4.99 Å². The molecule has 2 heterocycles. The van der Waals surface area contributed by atoms with Crippen LogP contribution in [0.1, 0.15) is 25.1 Å². The molecule has 0 fully saturated rings. The fourth-order valence-corrected chi connectivity index (χ4v) is 1.46. The number of aromatic nitrogens is 2. The Morgan fingerprint density at radius 2 is 2.29 bits per heavy atom. The van der Waals surface area contributed by atoms with Crippen LogP contribution in [0.5, 0.6) is 0 Å². The van der Waals surface area contributed by atoms with Crippen molar-refractivity contribution in [3.63, 3.8) is 0 Å². The van der Waals surface area contributed by atoms with Crippen LogP contribution < -0.4 is 5.32 Å². The molecule has 1 unspecified atom stereocenters. The molecule has 0 aromatic carbocycles. The summed E-state index contributed by atoms with van der Waals surface area (Å²) < 4.78 is 29.3. The van der Waals surface area contributed by atoms with Gasteiger partial charge in [0.25, 0.3) is 11.8 Å². The Kier molecular flexibility index (Phi) is 3.23. The second kappa shape index (κ2) is 4.52. The van der Waals surface area contributed by atoms with E-state index in [-0.39, 0.29) is 5.89 Å². The molecule has 8 heteroatoms. The van der Waals surface area contributed by atoms with E-state index in [0.29, 0.717) is 10.9 Å². The zero-order valence-electron chi connectivity index (χ0n) is 8.82. The molecule has 0 saturated heterocycles. The smallest absolute Gasteiger partial charge is 0.314 e. The summed E-state index contributed by atoms with van der Waals surface area (Å²) in [4.78, 5) is 4.23. The minimum atomic E-state index is -2.77. The lowest BCUT2D eigenvalue weighted by molar-refractivity contribution is 0.114. The number of hydrogen-bond acceptors (Lipinski definition) is 5. The number of rotatable bonds is 3. The van der Waals surface area contributed by atoms with Crippen molar-refractivity contribution in [1.82, 2.24) is 15.5 Å². The van der Waals surface area contributed by atoms with Crippen molar-refractivity contribution in [2.24, 2.45) is 4.99 Å². The first-order valence-corrected chi connectivity index (χ1v) is 5.87. The van der Waals surface area contributed by atoms with Gasteiger partial charge in [-0.15, -0.1) is 10.2 Å². The lowest BCUT2D eigenvalue weighted by Crippen LogP contribution is -2.40. The van der Waals surface area contributed by atoms with Crippen molar-refractivity contribution >= 4 is 27.7 Å². The summed E-state index contributed by atoms with van der Waals surface area (Å²) in [5, 5.41) is 10.4. The number of halogens is 3.